The number of carbonyl (C=O) groups is 3. The molecule has 27 heavy (non-hydrogen) atoms. The molecule has 144 valence electrons. The van der Waals surface area contributed by atoms with E-state index in [-0.39, 0.29) is 22.5 Å². The highest BCUT2D eigenvalue weighted by Gasteiger charge is 2.31. The summed E-state index contributed by atoms with van der Waals surface area (Å²) in [5.74, 6) is -0.867. The van der Waals surface area contributed by atoms with Crippen molar-refractivity contribution < 1.29 is 23.5 Å². The number of amides is 1. The van der Waals surface area contributed by atoms with Crippen molar-refractivity contribution in [3.05, 3.63) is 51.9 Å². The van der Waals surface area contributed by atoms with Crippen molar-refractivity contribution in [2.75, 3.05) is 17.8 Å². The van der Waals surface area contributed by atoms with Crippen LogP contribution in [-0.4, -0.2) is 35.9 Å². The van der Waals surface area contributed by atoms with E-state index in [9.17, 15) is 14.4 Å². The Morgan fingerprint density at radius 3 is 2.56 bits per heavy atom. The molecule has 0 radical (unpaired) electrons. The molecule has 0 saturated carbocycles. The number of aryl methyl sites for hydroxylation is 1. The molecule has 0 saturated heterocycles. The first kappa shape index (κ1) is 21.2. The number of methoxy groups -OCH3 is 1. The maximum absolute atomic E-state index is 13.0. The third-order valence-electron chi connectivity index (χ3n) is 4.05. The molecule has 0 aliphatic heterocycles. The van der Waals surface area contributed by atoms with E-state index in [1.165, 1.54) is 24.3 Å². The van der Waals surface area contributed by atoms with Gasteiger partial charge >= 0.3 is 5.97 Å². The van der Waals surface area contributed by atoms with Gasteiger partial charge in [0.05, 0.1) is 24.8 Å². The van der Waals surface area contributed by atoms with Gasteiger partial charge in [-0.3, -0.25) is 14.5 Å². The molecule has 0 spiro atoms. The number of ether oxygens (including phenoxy) is 1. The summed E-state index contributed by atoms with van der Waals surface area (Å²) in [6, 6.07) is 6.05. The van der Waals surface area contributed by atoms with E-state index in [0.29, 0.717) is 5.69 Å². The van der Waals surface area contributed by atoms with E-state index in [0.717, 1.165) is 27.4 Å². The molecule has 2 rings (SSSR count). The number of carbonyl (C=O) groups excluding carboxylic acids is 3. The smallest absolute Gasteiger partial charge is 0.328 e. The summed E-state index contributed by atoms with van der Waals surface area (Å²) < 4.78 is 10.7. The summed E-state index contributed by atoms with van der Waals surface area (Å²) in [5.41, 5.74) is 2.28. The van der Waals surface area contributed by atoms with Crippen molar-refractivity contribution in [3.8, 4) is 0 Å². The third-order valence-corrected chi connectivity index (χ3v) is 5.77. The number of rotatable bonds is 6. The Hall–Kier alpha value is -2.06. The van der Waals surface area contributed by atoms with Gasteiger partial charge < -0.3 is 9.15 Å². The summed E-state index contributed by atoms with van der Waals surface area (Å²) in [5, 5.41) is -0.346. The topological polar surface area (TPSA) is 76.8 Å². The normalized spacial score (nSPS) is 11.7. The van der Waals surface area contributed by atoms with Crippen molar-refractivity contribution >= 4 is 50.4 Å². The van der Waals surface area contributed by atoms with Crippen molar-refractivity contribution in [1.29, 1.82) is 0 Å². The molecule has 1 aromatic carbocycles. The van der Waals surface area contributed by atoms with Gasteiger partial charge in [0.25, 0.3) is 5.12 Å². The van der Waals surface area contributed by atoms with E-state index >= 15 is 0 Å². The van der Waals surface area contributed by atoms with Gasteiger partial charge in [0.15, 0.2) is 5.76 Å². The van der Waals surface area contributed by atoms with Crippen LogP contribution in [0.2, 0.25) is 0 Å². The van der Waals surface area contributed by atoms with Gasteiger partial charge in [-0.1, -0.05) is 33.8 Å². The quantitative estimate of drug-likeness (QED) is 0.611. The lowest BCUT2D eigenvalue weighted by Gasteiger charge is -2.30. The Balaban J connectivity index is 2.33. The average molecular weight is 454 g/mol. The molecule has 0 N–H and O–H groups in total. The van der Waals surface area contributed by atoms with Crippen molar-refractivity contribution in [2.45, 2.75) is 26.8 Å². The number of benzene rings is 1. The summed E-state index contributed by atoms with van der Waals surface area (Å²) in [4.78, 5) is 38.7. The summed E-state index contributed by atoms with van der Waals surface area (Å²) in [6.45, 7) is 5.32. The Labute approximate surface area is 170 Å². The van der Waals surface area contributed by atoms with Gasteiger partial charge in [0.2, 0.25) is 5.91 Å². The minimum Gasteiger partial charge on any atom is -0.467 e. The molecule has 1 unspecified atom stereocenters. The molecule has 1 aromatic heterocycles. The molecule has 0 bridgehead atoms. The van der Waals surface area contributed by atoms with Crippen LogP contribution in [-0.2, 0) is 14.3 Å². The second-order valence-electron chi connectivity index (χ2n) is 5.85. The standard InChI is InChI=1S/C19H20BrNO5S/c1-11-7-8-14(20)12(2)17(11)21(13(3)18(23)25-4)16(22)10-27-19(24)15-6-5-9-26-15/h5-9,13H,10H2,1-4H3. The zero-order valence-corrected chi connectivity index (χ0v) is 17.8. The average Bonchev–Trinajstić information content (AvgIpc) is 3.19. The van der Waals surface area contributed by atoms with Crippen LogP contribution in [0.4, 0.5) is 5.69 Å². The minimum absolute atomic E-state index is 0.133. The van der Waals surface area contributed by atoms with Crippen molar-refractivity contribution in [2.24, 2.45) is 0 Å². The fraction of sp³-hybridized carbons (Fsp3) is 0.316. The molecule has 1 heterocycles. The van der Waals surface area contributed by atoms with Crippen LogP contribution < -0.4 is 4.90 Å². The molecule has 0 fully saturated rings. The van der Waals surface area contributed by atoms with Crippen LogP contribution in [0, 0.1) is 13.8 Å². The number of thioether (sulfide) groups is 1. The van der Waals surface area contributed by atoms with Crippen LogP contribution in [0.5, 0.6) is 0 Å². The minimum atomic E-state index is -0.839. The first-order chi connectivity index (χ1) is 12.8. The zero-order valence-electron chi connectivity index (χ0n) is 15.4. The first-order valence-electron chi connectivity index (χ1n) is 8.14. The first-order valence-corrected chi connectivity index (χ1v) is 9.92. The van der Waals surface area contributed by atoms with Crippen LogP contribution in [0.1, 0.15) is 28.6 Å². The largest absolute Gasteiger partial charge is 0.467 e. The van der Waals surface area contributed by atoms with E-state index in [1.807, 2.05) is 26.0 Å². The lowest BCUT2D eigenvalue weighted by molar-refractivity contribution is -0.142. The van der Waals surface area contributed by atoms with E-state index < -0.39 is 12.0 Å². The molecule has 2 aromatic rings. The predicted octanol–water partition coefficient (Wildman–Crippen LogP) is 4.13. The number of furan rings is 1. The number of halogens is 1. The highest BCUT2D eigenvalue weighted by atomic mass is 79.9. The molecular weight excluding hydrogens is 434 g/mol. The van der Waals surface area contributed by atoms with Gasteiger partial charge in [-0.05, 0) is 50.1 Å². The van der Waals surface area contributed by atoms with Crippen LogP contribution in [0.25, 0.3) is 0 Å². The Bertz CT molecular complexity index is 850. The lowest BCUT2D eigenvalue weighted by atomic mass is 10.1. The van der Waals surface area contributed by atoms with Gasteiger partial charge in [-0.15, -0.1) is 0 Å². The van der Waals surface area contributed by atoms with Crippen LogP contribution in [0.15, 0.2) is 39.4 Å². The fourth-order valence-corrected chi connectivity index (χ4v) is 3.63. The molecule has 0 aliphatic carbocycles. The van der Waals surface area contributed by atoms with Gasteiger partial charge in [-0.2, -0.15) is 0 Å². The SMILES string of the molecule is COC(=O)C(C)N(C(=O)CSC(=O)c1ccco1)c1c(C)ccc(Br)c1C. The monoisotopic (exact) mass is 453 g/mol. The highest BCUT2D eigenvalue weighted by molar-refractivity contribution is 9.10. The number of nitrogens with zero attached hydrogens (tertiary/aromatic N) is 1. The van der Waals surface area contributed by atoms with E-state index in [1.54, 1.807) is 13.0 Å². The third kappa shape index (κ3) is 4.81. The fourth-order valence-electron chi connectivity index (χ4n) is 2.65. The molecule has 1 amide bonds. The van der Waals surface area contributed by atoms with Crippen molar-refractivity contribution in [1.82, 2.24) is 0 Å². The lowest BCUT2D eigenvalue weighted by Crippen LogP contribution is -2.45. The number of anilines is 1. The van der Waals surface area contributed by atoms with Gasteiger partial charge in [0.1, 0.15) is 6.04 Å². The molecule has 0 aliphatic rings. The maximum Gasteiger partial charge on any atom is 0.328 e. The van der Waals surface area contributed by atoms with E-state index in [4.69, 9.17) is 9.15 Å². The maximum atomic E-state index is 13.0. The number of hydrogen-bond donors (Lipinski definition) is 0. The summed E-state index contributed by atoms with van der Waals surface area (Å²) in [6.07, 6.45) is 1.40. The molecule has 1 atom stereocenters. The highest BCUT2D eigenvalue weighted by Crippen LogP contribution is 2.33. The predicted molar refractivity (Wildman–Crippen MR) is 108 cm³/mol. The summed E-state index contributed by atoms with van der Waals surface area (Å²) in [7, 11) is 1.28. The number of esters is 1. The number of hydrogen-bond acceptors (Lipinski definition) is 6. The second-order valence-corrected chi connectivity index (χ2v) is 7.66. The van der Waals surface area contributed by atoms with Gasteiger partial charge in [-0.25, -0.2) is 4.79 Å². The molecule has 8 heteroatoms. The Kier molecular flexibility index (Phi) is 7.26. The Morgan fingerprint density at radius 1 is 1.26 bits per heavy atom. The van der Waals surface area contributed by atoms with Crippen LogP contribution in [0.3, 0.4) is 0 Å². The van der Waals surface area contributed by atoms with Gasteiger partial charge in [0, 0.05) is 4.47 Å². The second kappa shape index (κ2) is 9.23. The van der Waals surface area contributed by atoms with E-state index in [2.05, 4.69) is 15.9 Å². The van der Waals surface area contributed by atoms with Crippen LogP contribution >= 0.6 is 27.7 Å². The zero-order chi connectivity index (χ0) is 20.1. The van der Waals surface area contributed by atoms with Crippen molar-refractivity contribution in [3.63, 3.8) is 0 Å². The molecule has 6 nitrogen and oxygen atoms in total. The Morgan fingerprint density at radius 2 is 1.96 bits per heavy atom. The molecular formula is C19H20BrNO5S. The summed E-state index contributed by atoms with van der Waals surface area (Å²) >= 11 is 4.29.